The number of nitrogens with one attached hydrogen (secondary N) is 1. The first-order chi connectivity index (χ1) is 9.09. The molecule has 1 heterocycles. The second kappa shape index (κ2) is 4.60. The summed E-state index contributed by atoms with van der Waals surface area (Å²) in [6, 6.07) is 7.57. The van der Waals surface area contributed by atoms with E-state index in [-0.39, 0.29) is 11.3 Å². The first-order valence-electron chi connectivity index (χ1n) is 7.11. The molecule has 3 rings (SSSR count). The fourth-order valence-electron chi connectivity index (χ4n) is 3.61. The van der Waals surface area contributed by atoms with Crippen molar-refractivity contribution in [3.05, 3.63) is 29.8 Å². The molecule has 19 heavy (non-hydrogen) atoms. The summed E-state index contributed by atoms with van der Waals surface area (Å²) in [5.41, 5.74) is 1.22. The summed E-state index contributed by atoms with van der Waals surface area (Å²) in [6.07, 6.45) is 3.52. The van der Waals surface area contributed by atoms with Crippen molar-refractivity contribution >= 4 is 9.84 Å². The summed E-state index contributed by atoms with van der Waals surface area (Å²) in [4.78, 5) is 0.572. The third-order valence-electron chi connectivity index (χ3n) is 4.83. The number of sulfone groups is 1. The van der Waals surface area contributed by atoms with Gasteiger partial charge in [0.05, 0.1) is 10.6 Å². The molecule has 1 fully saturated rings. The van der Waals surface area contributed by atoms with Crippen molar-refractivity contribution in [3.63, 3.8) is 0 Å². The maximum Gasteiger partial charge on any atom is 0.179 e. The second-order valence-corrected chi connectivity index (χ2v) is 7.87. The zero-order chi connectivity index (χ0) is 13.5. The molecule has 1 atom stereocenters. The number of fused-ring (bicyclic) bond motifs is 1. The number of rotatable bonds is 4. The van der Waals surface area contributed by atoms with E-state index in [0.29, 0.717) is 10.6 Å². The average molecular weight is 279 g/mol. The van der Waals surface area contributed by atoms with E-state index in [1.807, 2.05) is 18.2 Å². The number of hydrogen-bond acceptors (Lipinski definition) is 3. The van der Waals surface area contributed by atoms with Crippen LogP contribution in [-0.4, -0.2) is 27.3 Å². The molecule has 1 unspecified atom stereocenters. The maximum absolute atomic E-state index is 12.3. The Labute approximate surface area is 115 Å². The molecule has 1 saturated carbocycles. The minimum Gasteiger partial charge on any atom is -0.316 e. The van der Waals surface area contributed by atoms with Crippen molar-refractivity contribution in [2.24, 2.45) is 5.41 Å². The molecule has 104 valence electrons. The maximum atomic E-state index is 12.3. The van der Waals surface area contributed by atoms with Crippen molar-refractivity contribution in [2.45, 2.75) is 37.0 Å². The predicted octanol–water partition coefficient (Wildman–Crippen LogP) is 2.34. The summed E-state index contributed by atoms with van der Waals surface area (Å²) in [6.45, 7) is 3.99. The molecule has 1 aliphatic heterocycles. The fraction of sp³-hybridized carbons (Fsp3) is 0.600. The Balaban J connectivity index is 1.99. The van der Waals surface area contributed by atoms with Crippen LogP contribution < -0.4 is 5.32 Å². The topological polar surface area (TPSA) is 46.2 Å². The largest absolute Gasteiger partial charge is 0.316 e. The van der Waals surface area contributed by atoms with Gasteiger partial charge in [0.25, 0.3) is 0 Å². The predicted molar refractivity (Wildman–Crippen MR) is 76.1 cm³/mol. The van der Waals surface area contributed by atoms with Crippen molar-refractivity contribution in [3.8, 4) is 0 Å². The molecule has 1 N–H and O–H groups in total. The molecule has 1 aromatic carbocycles. The van der Waals surface area contributed by atoms with E-state index >= 15 is 0 Å². The van der Waals surface area contributed by atoms with Gasteiger partial charge in [-0.2, -0.15) is 0 Å². The van der Waals surface area contributed by atoms with Gasteiger partial charge in [0.1, 0.15) is 0 Å². The Bertz CT molecular complexity index is 576. The quantitative estimate of drug-likeness (QED) is 0.920. The number of benzene rings is 1. The molecule has 0 spiro atoms. The van der Waals surface area contributed by atoms with E-state index in [1.54, 1.807) is 6.07 Å². The lowest BCUT2D eigenvalue weighted by atomic mass is 9.60. The van der Waals surface area contributed by atoms with Crippen LogP contribution in [0, 0.1) is 5.41 Å². The highest BCUT2D eigenvalue weighted by atomic mass is 32.2. The lowest BCUT2D eigenvalue weighted by Gasteiger charge is -2.47. The van der Waals surface area contributed by atoms with Crippen LogP contribution >= 0.6 is 0 Å². The Morgan fingerprint density at radius 1 is 1.32 bits per heavy atom. The van der Waals surface area contributed by atoms with Gasteiger partial charge < -0.3 is 5.32 Å². The summed E-state index contributed by atoms with van der Waals surface area (Å²) < 4.78 is 24.6. The van der Waals surface area contributed by atoms with Gasteiger partial charge in [0.15, 0.2) is 9.84 Å². The van der Waals surface area contributed by atoms with Gasteiger partial charge in [0.2, 0.25) is 0 Å². The summed E-state index contributed by atoms with van der Waals surface area (Å²) in [5.74, 6) is 0.485. The van der Waals surface area contributed by atoms with E-state index < -0.39 is 9.84 Å². The Kier molecular flexibility index (Phi) is 3.18. The fourth-order valence-corrected chi connectivity index (χ4v) is 5.62. The monoisotopic (exact) mass is 279 g/mol. The van der Waals surface area contributed by atoms with E-state index in [0.717, 1.165) is 31.5 Å². The van der Waals surface area contributed by atoms with E-state index in [4.69, 9.17) is 0 Å². The molecule has 1 aliphatic carbocycles. The van der Waals surface area contributed by atoms with Crippen molar-refractivity contribution in [1.29, 1.82) is 0 Å². The van der Waals surface area contributed by atoms with Gasteiger partial charge in [-0.15, -0.1) is 0 Å². The molecular weight excluding hydrogens is 258 g/mol. The zero-order valence-corrected chi connectivity index (χ0v) is 12.2. The van der Waals surface area contributed by atoms with Crippen LogP contribution in [0.15, 0.2) is 29.2 Å². The van der Waals surface area contributed by atoms with E-state index in [2.05, 4.69) is 12.2 Å². The zero-order valence-electron chi connectivity index (χ0n) is 11.4. The first-order valence-corrected chi connectivity index (χ1v) is 8.77. The van der Waals surface area contributed by atoms with Gasteiger partial charge in [-0.05, 0) is 36.4 Å². The molecule has 0 radical (unpaired) electrons. The van der Waals surface area contributed by atoms with Gasteiger partial charge in [-0.1, -0.05) is 31.5 Å². The highest BCUT2D eigenvalue weighted by molar-refractivity contribution is 7.91. The lowest BCUT2D eigenvalue weighted by Crippen LogP contribution is -2.45. The molecule has 0 saturated heterocycles. The molecule has 3 nitrogen and oxygen atoms in total. The molecule has 0 amide bonds. The van der Waals surface area contributed by atoms with Crippen molar-refractivity contribution in [1.82, 2.24) is 5.32 Å². The molecular formula is C15H21NO2S. The minimum atomic E-state index is -3.07. The normalized spacial score (nSPS) is 26.7. The van der Waals surface area contributed by atoms with Crippen molar-refractivity contribution in [2.75, 3.05) is 18.8 Å². The van der Waals surface area contributed by atoms with Gasteiger partial charge in [-0.25, -0.2) is 8.42 Å². The standard InChI is InChI=1S/C15H21NO2S/c1-2-16-11-15(8-5-9-15)13-10-19(17,18)14-7-4-3-6-12(13)14/h3-4,6-7,13,16H,2,5,8-11H2,1H3. The van der Waals surface area contributed by atoms with Crippen LogP contribution in [0.1, 0.15) is 37.7 Å². The molecule has 4 heteroatoms. The van der Waals surface area contributed by atoms with Gasteiger partial charge in [-0.3, -0.25) is 0 Å². The molecule has 1 aromatic rings. The third-order valence-corrected chi connectivity index (χ3v) is 6.65. The van der Waals surface area contributed by atoms with Crippen LogP contribution in [0.5, 0.6) is 0 Å². The smallest absolute Gasteiger partial charge is 0.179 e. The highest BCUT2D eigenvalue weighted by Gasteiger charge is 2.50. The third kappa shape index (κ3) is 2.01. The highest BCUT2D eigenvalue weighted by Crippen LogP contribution is 2.55. The number of hydrogen-bond donors (Lipinski definition) is 1. The van der Waals surface area contributed by atoms with Crippen LogP contribution in [0.3, 0.4) is 0 Å². The first kappa shape index (κ1) is 13.1. The lowest BCUT2D eigenvalue weighted by molar-refractivity contribution is 0.100. The van der Waals surface area contributed by atoms with E-state index in [1.165, 1.54) is 6.42 Å². The summed E-state index contributed by atoms with van der Waals surface area (Å²) in [5, 5.41) is 3.43. The second-order valence-electron chi connectivity index (χ2n) is 5.87. The SMILES string of the molecule is CCNCC1(C2CS(=O)(=O)c3ccccc32)CCC1. The Morgan fingerprint density at radius 3 is 2.68 bits per heavy atom. The van der Waals surface area contributed by atoms with Crippen LogP contribution in [0.25, 0.3) is 0 Å². The van der Waals surface area contributed by atoms with Crippen molar-refractivity contribution < 1.29 is 8.42 Å². The van der Waals surface area contributed by atoms with Crippen LogP contribution in [-0.2, 0) is 9.84 Å². The van der Waals surface area contributed by atoms with E-state index in [9.17, 15) is 8.42 Å². The van der Waals surface area contributed by atoms with Gasteiger partial charge >= 0.3 is 0 Å². The Hall–Kier alpha value is -0.870. The Morgan fingerprint density at radius 2 is 2.05 bits per heavy atom. The van der Waals surface area contributed by atoms with Gasteiger partial charge in [0, 0.05) is 12.5 Å². The van der Waals surface area contributed by atoms with Crippen LogP contribution in [0.4, 0.5) is 0 Å². The average Bonchev–Trinajstić information content (AvgIpc) is 2.62. The summed E-state index contributed by atoms with van der Waals surface area (Å²) >= 11 is 0. The van der Waals surface area contributed by atoms with Crippen LogP contribution in [0.2, 0.25) is 0 Å². The molecule has 0 bridgehead atoms. The molecule has 0 aromatic heterocycles. The summed E-state index contributed by atoms with van der Waals surface area (Å²) in [7, 11) is -3.07. The molecule has 2 aliphatic rings. The minimum absolute atomic E-state index is 0.162.